The van der Waals surface area contributed by atoms with Crippen molar-refractivity contribution < 1.29 is 0 Å². The summed E-state index contributed by atoms with van der Waals surface area (Å²) in [5.41, 5.74) is 1.15. The maximum absolute atomic E-state index is 11.4. The van der Waals surface area contributed by atoms with Gasteiger partial charge in [0.05, 0.1) is 23.3 Å². The van der Waals surface area contributed by atoms with Crippen molar-refractivity contribution in [1.29, 1.82) is 0 Å². The summed E-state index contributed by atoms with van der Waals surface area (Å²) in [5, 5.41) is 4.24. The van der Waals surface area contributed by atoms with Gasteiger partial charge in [-0.25, -0.2) is 4.98 Å². The van der Waals surface area contributed by atoms with Crippen molar-refractivity contribution in [3.05, 3.63) is 34.5 Å². The second-order valence-corrected chi connectivity index (χ2v) is 4.83. The molecule has 0 bridgehead atoms. The first-order chi connectivity index (χ1) is 8.58. The van der Waals surface area contributed by atoms with Gasteiger partial charge in [0.1, 0.15) is 5.82 Å². The molecule has 2 rings (SSSR count). The monoisotopic (exact) mass is 266 g/mol. The molecule has 0 atom stereocenters. The van der Waals surface area contributed by atoms with Crippen LogP contribution in [0.1, 0.15) is 19.5 Å². The van der Waals surface area contributed by atoms with Gasteiger partial charge in [0, 0.05) is 18.8 Å². The Bertz CT molecular complexity index is 588. The molecule has 0 aliphatic carbocycles. The number of aromatic nitrogens is 4. The number of aromatic amines is 1. The standard InChI is InChI=1S/C12H15ClN4O/c1-8(2)6-17-7-9(5-14-17)12-15-10(4-13)3-11(18)16-12/h3,5,7-8H,4,6H2,1-2H3,(H,15,16,18). The van der Waals surface area contributed by atoms with Gasteiger partial charge >= 0.3 is 0 Å². The molecule has 0 aliphatic rings. The van der Waals surface area contributed by atoms with Crippen LogP contribution in [0.15, 0.2) is 23.3 Å². The maximum Gasteiger partial charge on any atom is 0.251 e. The third kappa shape index (κ3) is 2.98. The van der Waals surface area contributed by atoms with Gasteiger partial charge in [-0.3, -0.25) is 9.48 Å². The van der Waals surface area contributed by atoms with Gasteiger partial charge in [-0.2, -0.15) is 5.10 Å². The number of H-pyrrole nitrogens is 1. The second kappa shape index (κ2) is 5.35. The quantitative estimate of drug-likeness (QED) is 0.861. The summed E-state index contributed by atoms with van der Waals surface area (Å²) >= 11 is 5.70. The van der Waals surface area contributed by atoms with Crippen molar-refractivity contribution >= 4 is 11.6 Å². The van der Waals surface area contributed by atoms with Crippen LogP contribution in [0.3, 0.4) is 0 Å². The molecular weight excluding hydrogens is 252 g/mol. The molecule has 6 heteroatoms. The zero-order valence-corrected chi connectivity index (χ0v) is 11.1. The smallest absolute Gasteiger partial charge is 0.251 e. The summed E-state index contributed by atoms with van der Waals surface area (Å²) < 4.78 is 1.84. The third-order valence-electron chi connectivity index (χ3n) is 2.39. The van der Waals surface area contributed by atoms with Crippen molar-refractivity contribution in [3.63, 3.8) is 0 Å². The van der Waals surface area contributed by atoms with Crippen LogP contribution < -0.4 is 5.56 Å². The first kappa shape index (κ1) is 12.8. The number of hydrogen-bond acceptors (Lipinski definition) is 3. The Kier molecular flexibility index (Phi) is 3.81. The Morgan fingerprint density at radius 2 is 2.28 bits per heavy atom. The molecule has 0 radical (unpaired) electrons. The molecule has 0 amide bonds. The number of nitrogens with one attached hydrogen (secondary N) is 1. The molecule has 2 aromatic rings. The summed E-state index contributed by atoms with van der Waals surface area (Å²) in [6.07, 6.45) is 3.56. The molecule has 0 unspecified atom stereocenters. The molecule has 18 heavy (non-hydrogen) atoms. The molecule has 96 valence electrons. The lowest BCUT2D eigenvalue weighted by molar-refractivity contribution is 0.483. The summed E-state index contributed by atoms with van der Waals surface area (Å²) in [4.78, 5) is 18.4. The van der Waals surface area contributed by atoms with E-state index in [0.29, 0.717) is 17.4 Å². The normalized spacial score (nSPS) is 11.1. The lowest BCUT2D eigenvalue weighted by atomic mass is 10.2. The van der Waals surface area contributed by atoms with Crippen molar-refractivity contribution in [2.45, 2.75) is 26.3 Å². The van der Waals surface area contributed by atoms with E-state index in [9.17, 15) is 4.79 Å². The van der Waals surface area contributed by atoms with Gasteiger partial charge in [0.2, 0.25) is 0 Å². The number of nitrogens with zero attached hydrogens (tertiary/aromatic N) is 3. The first-order valence-corrected chi connectivity index (χ1v) is 6.31. The largest absolute Gasteiger partial charge is 0.306 e. The first-order valence-electron chi connectivity index (χ1n) is 5.77. The van der Waals surface area contributed by atoms with Crippen molar-refractivity contribution in [2.75, 3.05) is 0 Å². The molecule has 0 saturated heterocycles. The molecule has 0 saturated carbocycles. The van der Waals surface area contributed by atoms with Crippen LogP contribution in [-0.4, -0.2) is 19.7 Å². The Morgan fingerprint density at radius 1 is 1.50 bits per heavy atom. The average Bonchev–Trinajstić information content (AvgIpc) is 2.75. The Morgan fingerprint density at radius 3 is 2.94 bits per heavy atom. The van der Waals surface area contributed by atoms with Crippen LogP contribution in [0.25, 0.3) is 11.4 Å². The van der Waals surface area contributed by atoms with E-state index in [4.69, 9.17) is 11.6 Å². The zero-order chi connectivity index (χ0) is 13.1. The van der Waals surface area contributed by atoms with Gasteiger partial charge in [0.25, 0.3) is 5.56 Å². The van der Waals surface area contributed by atoms with Crippen molar-refractivity contribution in [1.82, 2.24) is 19.7 Å². The molecule has 2 aromatic heterocycles. The second-order valence-electron chi connectivity index (χ2n) is 4.56. The number of alkyl halides is 1. The van der Waals surface area contributed by atoms with E-state index in [1.807, 2.05) is 10.9 Å². The minimum absolute atomic E-state index is 0.202. The van der Waals surface area contributed by atoms with E-state index in [0.717, 1.165) is 12.1 Å². The van der Waals surface area contributed by atoms with E-state index < -0.39 is 0 Å². The molecule has 5 nitrogen and oxygen atoms in total. The topological polar surface area (TPSA) is 63.6 Å². The Hall–Kier alpha value is -1.62. The van der Waals surface area contributed by atoms with Crippen molar-refractivity contribution in [3.8, 4) is 11.4 Å². The molecule has 2 heterocycles. The minimum Gasteiger partial charge on any atom is -0.306 e. The van der Waals surface area contributed by atoms with E-state index in [1.165, 1.54) is 6.07 Å². The van der Waals surface area contributed by atoms with Crippen LogP contribution in [0, 0.1) is 5.92 Å². The van der Waals surface area contributed by atoms with Gasteiger partial charge in [0.15, 0.2) is 0 Å². The van der Waals surface area contributed by atoms with E-state index in [2.05, 4.69) is 28.9 Å². The fraction of sp³-hybridized carbons (Fsp3) is 0.417. The number of hydrogen-bond donors (Lipinski definition) is 1. The molecule has 1 N–H and O–H groups in total. The average molecular weight is 267 g/mol. The van der Waals surface area contributed by atoms with Crippen LogP contribution in [0.2, 0.25) is 0 Å². The summed E-state index contributed by atoms with van der Waals surface area (Å²) in [7, 11) is 0. The highest BCUT2D eigenvalue weighted by atomic mass is 35.5. The summed E-state index contributed by atoms with van der Waals surface area (Å²) in [6.45, 7) is 5.07. The highest BCUT2D eigenvalue weighted by Crippen LogP contribution is 2.13. The van der Waals surface area contributed by atoms with Crippen LogP contribution in [-0.2, 0) is 12.4 Å². The fourth-order valence-corrected chi connectivity index (χ4v) is 1.81. The lowest BCUT2D eigenvalue weighted by Crippen LogP contribution is -2.09. The zero-order valence-electron chi connectivity index (χ0n) is 10.4. The molecule has 0 aliphatic heterocycles. The maximum atomic E-state index is 11.4. The molecule has 0 spiro atoms. The van der Waals surface area contributed by atoms with Gasteiger partial charge in [-0.05, 0) is 5.92 Å². The van der Waals surface area contributed by atoms with Crippen LogP contribution in [0.4, 0.5) is 0 Å². The highest BCUT2D eigenvalue weighted by Gasteiger charge is 2.07. The lowest BCUT2D eigenvalue weighted by Gasteiger charge is -2.03. The van der Waals surface area contributed by atoms with Gasteiger partial charge < -0.3 is 4.98 Å². The van der Waals surface area contributed by atoms with E-state index >= 15 is 0 Å². The fourth-order valence-electron chi connectivity index (χ4n) is 1.67. The predicted octanol–water partition coefficient (Wildman–Crippen LogP) is 2.03. The molecular formula is C12H15ClN4O. The summed E-state index contributed by atoms with van der Waals surface area (Å²) in [6, 6.07) is 1.40. The molecule has 0 fully saturated rings. The minimum atomic E-state index is -0.202. The van der Waals surface area contributed by atoms with Crippen LogP contribution >= 0.6 is 11.6 Å². The molecule has 0 aromatic carbocycles. The van der Waals surface area contributed by atoms with Crippen molar-refractivity contribution in [2.24, 2.45) is 5.92 Å². The SMILES string of the molecule is CC(C)Cn1cc(-c2nc(CCl)cc(=O)[nH]2)cn1. The highest BCUT2D eigenvalue weighted by molar-refractivity contribution is 6.16. The van der Waals surface area contributed by atoms with Gasteiger partial charge in [-0.1, -0.05) is 13.8 Å². The van der Waals surface area contributed by atoms with E-state index in [1.54, 1.807) is 6.20 Å². The number of rotatable bonds is 4. The third-order valence-corrected chi connectivity index (χ3v) is 2.66. The predicted molar refractivity (Wildman–Crippen MR) is 70.5 cm³/mol. The Balaban J connectivity index is 2.33. The van der Waals surface area contributed by atoms with E-state index in [-0.39, 0.29) is 11.4 Å². The number of halogens is 1. The van der Waals surface area contributed by atoms with Crippen LogP contribution in [0.5, 0.6) is 0 Å². The summed E-state index contributed by atoms with van der Waals surface area (Å²) in [5.74, 6) is 1.24. The van der Waals surface area contributed by atoms with Gasteiger partial charge in [-0.15, -0.1) is 11.6 Å². The Labute approximate surface area is 110 Å².